The molecule has 0 radical (unpaired) electrons. The Balaban J connectivity index is 1.90. The lowest BCUT2D eigenvalue weighted by molar-refractivity contribution is -0.139. The minimum Gasteiger partial charge on any atom is -0.497 e. The van der Waals surface area contributed by atoms with Crippen molar-refractivity contribution in [2.24, 2.45) is 0 Å². The molecule has 3 aromatic rings. The van der Waals surface area contributed by atoms with Gasteiger partial charge in [-0.1, -0.05) is 24.3 Å². The lowest BCUT2D eigenvalue weighted by atomic mass is 9.79. The SMILES string of the molecule is CCOC(=O)C1=C(C)N(Cn2cnc3ccccc32)C(C)=C(C(=O)OCC)C1c1ccc(OC)cc1. The number of imidazole rings is 1. The van der Waals surface area contributed by atoms with E-state index >= 15 is 0 Å². The van der Waals surface area contributed by atoms with Gasteiger partial charge in [0, 0.05) is 11.4 Å². The molecule has 1 aliphatic rings. The first-order valence-electron chi connectivity index (χ1n) is 12.0. The summed E-state index contributed by atoms with van der Waals surface area (Å²) in [5, 5.41) is 0. The third-order valence-corrected chi connectivity index (χ3v) is 6.43. The number of esters is 2. The van der Waals surface area contributed by atoms with Crippen molar-refractivity contribution in [1.29, 1.82) is 0 Å². The first kappa shape index (κ1) is 25.0. The summed E-state index contributed by atoms with van der Waals surface area (Å²) in [5.74, 6) is -0.902. The van der Waals surface area contributed by atoms with Crippen LogP contribution in [0.25, 0.3) is 11.0 Å². The molecule has 0 amide bonds. The van der Waals surface area contributed by atoms with Crippen LogP contribution in [0, 0.1) is 0 Å². The Kier molecular flexibility index (Phi) is 7.43. The molecule has 0 saturated heterocycles. The zero-order valence-corrected chi connectivity index (χ0v) is 21.3. The second-order valence-electron chi connectivity index (χ2n) is 8.42. The van der Waals surface area contributed by atoms with Gasteiger partial charge in [-0.2, -0.15) is 0 Å². The molecule has 0 unspecified atom stereocenters. The second-order valence-corrected chi connectivity index (χ2v) is 8.42. The molecule has 0 bridgehead atoms. The Morgan fingerprint density at radius 2 is 1.47 bits per heavy atom. The molecule has 8 nitrogen and oxygen atoms in total. The van der Waals surface area contributed by atoms with Gasteiger partial charge >= 0.3 is 11.9 Å². The highest BCUT2D eigenvalue weighted by atomic mass is 16.5. The van der Waals surface area contributed by atoms with Crippen LogP contribution in [-0.2, 0) is 25.7 Å². The van der Waals surface area contributed by atoms with E-state index in [1.54, 1.807) is 27.3 Å². The molecular formula is C28H31N3O5. The number of aromatic nitrogens is 2. The van der Waals surface area contributed by atoms with Crippen molar-refractivity contribution >= 4 is 23.0 Å². The standard InChI is InChI=1S/C28H31N3O5/c1-6-35-27(32)24-18(3)31(17-30-16-29-22-10-8-9-11-23(22)30)19(4)25(28(33)36-7-2)26(24)20-12-14-21(34-5)15-13-20/h8-16,26H,6-7,17H2,1-5H3. The summed E-state index contributed by atoms with van der Waals surface area (Å²) in [6, 6.07) is 15.2. The fourth-order valence-electron chi connectivity index (χ4n) is 4.67. The van der Waals surface area contributed by atoms with Crippen LogP contribution in [0.3, 0.4) is 0 Å². The van der Waals surface area contributed by atoms with Crippen molar-refractivity contribution in [3.8, 4) is 5.75 Å². The number of rotatable bonds is 8. The number of allylic oxidation sites excluding steroid dienone is 2. The fourth-order valence-corrected chi connectivity index (χ4v) is 4.67. The number of hydrogen-bond acceptors (Lipinski definition) is 7. The number of benzene rings is 2. The summed E-state index contributed by atoms with van der Waals surface area (Å²) in [7, 11) is 1.59. The molecular weight excluding hydrogens is 458 g/mol. The number of fused-ring (bicyclic) bond motifs is 1. The second kappa shape index (κ2) is 10.7. The van der Waals surface area contributed by atoms with E-state index in [1.807, 2.05) is 71.8 Å². The molecule has 1 aliphatic heterocycles. The van der Waals surface area contributed by atoms with E-state index in [0.29, 0.717) is 35.0 Å². The summed E-state index contributed by atoms with van der Waals surface area (Å²) in [6.07, 6.45) is 1.76. The van der Waals surface area contributed by atoms with Gasteiger partial charge in [0.05, 0.1) is 54.7 Å². The molecule has 4 rings (SSSR count). The molecule has 36 heavy (non-hydrogen) atoms. The van der Waals surface area contributed by atoms with E-state index < -0.39 is 17.9 Å². The van der Waals surface area contributed by atoms with Crippen LogP contribution >= 0.6 is 0 Å². The van der Waals surface area contributed by atoms with E-state index in [2.05, 4.69) is 4.98 Å². The molecule has 188 valence electrons. The smallest absolute Gasteiger partial charge is 0.336 e. The van der Waals surface area contributed by atoms with Gasteiger partial charge in [0.25, 0.3) is 0 Å². The average Bonchev–Trinajstić information content (AvgIpc) is 3.29. The van der Waals surface area contributed by atoms with Crippen molar-refractivity contribution in [3.63, 3.8) is 0 Å². The van der Waals surface area contributed by atoms with Gasteiger partial charge < -0.3 is 23.7 Å². The van der Waals surface area contributed by atoms with Crippen molar-refractivity contribution in [2.45, 2.75) is 40.3 Å². The van der Waals surface area contributed by atoms with Gasteiger partial charge in [-0.05, 0) is 57.5 Å². The number of carbonyl (C=O) groups is 2. The first-order chi connectivity index (χ1) is 17.4. The van der Waals surface area contributed by atoms with Gasteiger partial charge in [0.2, 0.25) is 0 Å². The van der Waals surface area contributed by atoms with Crippen molar-refractivity contribution in [3.05, 3.63) is 83.0 Å². The summed E-state index contributed by atoms with van der Waals surface area (Å²) in [6.45, 7) is 8.09. The molecule has 0 saturated carbocycles. The Bertz CT molecular complexity index is 1290. The Morgan fingerprint density at radius 1 is 0.889 bits per heavy atom. The Labute approximate surface area is 210 Å². The minimum atomic E-state index is -0.648. The van der Waals surface area contributed by atoms with E-state index in [9.17, 15) is 9.59 Å². The summed E-state index contributed by atoms with van der Waals surface area (Å²) >= 11 is 0. The molecule has 2 aromatic carbocycles. The fraction of sp³-hybridized carbons (Fsp3) is 0.321. The topological polar surface area (TPSA) is 82.9 Å². The van der Waals surface area contributed by atoms with Crippen LogP contribution in [0.4, 0.5) is 0 Å². The average molecular weight is 490 g/mol. The Hall–Kier alpha value is -4.07. The maximum atomic E-state index is 13.4. The molecule has 0 spiro atoms. The van der Waals surface area contributed by atoms with Crippen molar-refractivity contribution < 1.29 is 23.8 Å². The zero-order chi connectivity index (χ0) is 25.8. The van der Waals surface area contributed by atoms with Crippen LogP contribution in [-0.4, -0.2) is 46.7 Å². The predicted molar refractivity (Wildman–Crippen MR) is 136 cm³/mol. The minimum absolute atomic E-state index is 0.217. The van der Waals surface area contributed by atoms with E-state index in [1.165, 1.54) is 0 Å². The third-order valence-electron chi connectivity index (χ3n) is 6.43. The molecule has 8 heteroatoms. The quantitative estimate of drug-likeness (QED) is 0.421. The summed E-state index contributed by atoms with van der Waals surface area (Å²) in [5.41, 5.74) is 4.81. The van der Waals surface area contributed by atoms with E-state index in [4.69, 9.17) is 14.2 Å². The van der Waals surface area contributed by atoms with Crippen LogP contribution < -0.4 is 4.74 Å². The van der Waals surface area contributed by atoms with Crippen molar-refractivity contribution in [2.75, 3.05) is 20.3 Å². The Morgan fingerprint density at radius 3 is 2.03 bits per heavy atom. The number of nitrogens with zero attached hydrogens (tertiary/aromatic N) is 3. The lowest BCUT2D eigenvalue weighted by Gasteiger charge is -2.38. The van der Waals surface area contributed by atoms with Gasteiger partial charge in [-0.3, -0.25) is 0 Å². The number of methoxy groups -OCH3 is 1. The van der Waals surface area contributed by atoms with Crippen LogP contribution in [0.2, 0.25) is 0 Å². The highest BCUT2D eigenvalue weighted by Gasteiger charge is 2.40. The summed E-state index contributed by atoms with van der Waals surface area (Å²) < 4.78 is 18.3. The maximum absolute atomic E-state index is 13.4. The first-order valence-corrected chi connectivity index (χ1v) is 12.0. The number of hydrogen-bond donors (Lipinski definition) is 0. The predicted octanol–water partition coefficient (Wildman–Crippen LogP) is 4.78. The normalized spacial score (nSPS) is 14.4. The molecule has 1 aromatic heterocycles. The third kappa shape index (κ3) is 4.58. The number of carbonyl (C=O) groups excluding carboxylic acids is 2. The largest absolute Gasteiger partial charge is 0.497 e. The summed E-state index contributed by atoms with van der Waals surface area (Å²) in [4.78, 5) is 33.2. The van der Waals surface area contributed by atoms with Gasteiger partial charge in [0.1, 0.15) is 12.4 Å². The molecule has 0 atom stereocenters. The molecule has 0 aliphatic carbocycles. The highest BCUT2D eigenvalue weighted by molar-refractivity contribution is 5.99. The van der Waals surface area contributed by atoms with E-state index in [-0.39, 0.29) is 13.2 Å². The number of para-hydroxylation sites is 2. The van der Waals surface area contributed by atoms with Crippen LogP contribution in [0.1, 0.15) is 39.2 Å². The van der Waals surface area contributed by atoms with Crippen LogP contribution in [0.15, 0.2) is 77.4 Å². The monoisotopic (exact) mass is 489 g/mol. The van der Waals surface area contributed by atoms with Gasteiger partial charge in [0.15, 0.2) is 0 Å². The van der Waals surface area contributed by atoms with Crippen molar-refractivity contribution in [1.82, 2.24) is 14.5 Å². The highest BCUT2D eigenvalue weighted by Crippen LogP contribution is 2.43. The van der Waals surface area contributed by atoms with Crippen LogP contribution in [0.5, 0.6) is 5.75 Å². The molecule has 0 N–H and O–H groups in total. The van der Waals surface area contributed by atoms with E-state index in [0.717, 1.165) is 16.6 Å². The lowest BCUT2D eigenvalue weighted by Crippen LogP contribution is -2.36. The molecule has 0 fully saturated rings. The van der Waals surface area contributed by atoms with Gasteiger partial charge in [-0.15, -0.1) is 0 Å². The van der Waals surface area contributed by atoms with Gasteiger partial charge in [-0.25, -0.2) is 14.6 Å². The molecule has 2 heterocycles. The maximum Gasteiger partial charge on any atom is 0.336 e. The number of ether oxygens (including phenoxy) is 3. The zero-order valence-electron chi connectivity index (χ0n) is 21.3.